The fourth-order valence-corrected chi connectivity index (χ4v) is 6.27. The number of carbonyl (C=O) groups is 4. The second kappa shape index (κ2) is 12.2. The summed E-state index contributed by atoms with van der Waals surface area (Å²) in [4.78, 5) is 62.5. The SMILES string of the molecule is CC(C)(c1ccc(Oc2ccc3c(c2)C(=O)N(c2ccccn2)C3=O)cc1)c1ccc(Oc2ccc3c(c2)C(=O)N(c2ccccn2)C3=O)cc1. The van der Waals surface area contributed by atoms with Gasteiger partial charge >= 0.3 is 0 Å². The molecule has 4 amide bonds. The van der Waals surface area contributed by atoms with Crippen LogP contribution in [0.15, 0.2) is 134 Å². The molecule has 0 fully saturated rings. The maximum absolute atomic E-state index is 13.1. The molecule has 2 aliphatic rings. The molecule has 8 rings (SSSR count). The molecule has 0 unspecified atom stereocenters. The van der Waals surface area contributed by atoms with Crippen molar-refractivity contribution in [2.75, 3.05) is 9.80 Å². The summed E-state index contributed by atoms with van der Waals surface area (Å²) in [6.45, 7) is 4.23. The van der Waals surface area contributed by atoms with E-state index in [9.17, 15) is 19.2 Å². The van der Waals surface area contributed by atoms with Crippen molar-refractivity contribution < 1.29 is 28.7 Å². The summed E-state index contributed by atoms with van der Waals surface area (Å²) in [7, 11) is 0. The topological polar surface area (TPSA) is 119 Å². The van der Waals surface area contributed by atoms with Crippen molar-refractivity contribution in [2.45, 2.75) is 19.3 Å². The first-order valence-corrected chi connectivity index (χ1v) is 16.1. The van der Waals surface area contributed by atoms with Crippen molar-refractivity contribution in [3.8, 4) is 23.0 Å². The Hall–Kier alpha value is -6.94. The summed E-state index contributed by atoms with van der Waals surface area (Å²) in [6.07, 6.45) is 3.07. The molecule has 0 saturated heterocycles. The molecule has 0 bridgehead atoms. The molecule has 0 atom stereocenters. The number of imide groups is 2. The number of anilines is 2. The lowest BCUT2D eigenvalue weighted by Crippen LogP contribution is -2.30. The van der Waals surface area contributed by atoms with Gasteiger partial charge in [-0.3, -0.25) is 19.2 Å². The zero-order chi connectivity index (χ0) is 35.3. The fraction of sp³-hybridized carbons (Fsp3) is 0.0732. The summed E-state index contributed by atoms with van der Waals surface area (Å²) in [5, 5.41) is 0. The minimum atomic E-state index is -0.445. The second-order valence-corrected chi connectivity index (χ2v) is 12.6. The first kappa shape index (κ1) is 31.3. The molecule has 4 aromatic carbocycles. The van der Waals surface area contributed by atoms with Crippen molar-refractivity contribution in [3.63, 3.8) is 0 Å². The third-order valence-electron chi connectivity index (χ3n) is 9.10. The average Bonchev–Trinajstić information content (AvgIpc) is 3.55. The van der Waals surface area contributed by atoms with E-state index in [1.807, 2.05) is 48.5 Å². The van der Waals surface area contributed by atoms with Crippen molar-refractivity contribution >= 4 is 35.3 Å². The third-order valence-corrected chi connectivity index (χ3v) is 9.10. The van der Waals surface area contributed by atoms with Crippen molar-refractivity contribution in [1.82, 2.24) is 9.97 Å². The van der Waals surface area contributed by atoms with E-state index in [2.05, 4.69) is 23.8 Å². The maximum atomic E-state index is 13.1. The Kier molecular flexibility index (Phi) is 7.49. The molecular weight excluding hydrogens is 644 g/mol. The third kappa shape index (κ3) is 5.48. The molecule has 0 spiro atoms. The quantitative estimate of drug-likeness (QED) is 0.149. The molecule has 0 N–H and O–H groups in total. The lowest BCUT2D eigenvalue weighted by atomic mass is 9.78. The van der Waals surface area contributed by atoms with E-state index in [-0.39, 0.29) is 28.2 Å². The molecule has 0 saturated carbocycles. The summed E-state index contributed by atoms with van der Waals surface area (Å²) >= 11 is 0. The van der Waals surface area contributed by atoms with E-state index in [0.717, 1.165) is 20.9 Å². The standard InChI is InChI=1S/C41H28N4O6/c1-41(2,25-9-13-27(14-10-25)50-29-17-19-31-33(23-29)39(48)44(37(31)46)35-7-3-5-21-42-35)26-11-15-28(16-12-26)51-30-18-20-32-34(24-30)40(49)45(38(32)47)36-8-4-6-22-43-36/h3-24H,1-2H3. The number of hydrogen-bond acceptors (Lipinski definition) is 8. The monoisotopic (exact) mass is 672 g/mol. The first-order chi connectivity index (χ1) is 24.7. The number of carbonyl (C=O) groups excluding carboxylic acids is 4. The minimum absolute atomic E-state index is 0.264. The van der Waals surface area contributed by atoms with Crippen LogP contribution in [0, 0.1) is 0 Å². The molecule has 51 heavy (non-hydrogen) atoms. The predicted octanol–water partition coefficient (Wildman–Crippen LogP) is 7.99. The zero-order valence-electron chi connectivity index (χ0n) is 27.4. The van der Waals surface area contributed by atoms with Gasteiger partial charge < -0.3 is 9.47 Å². The highest BCUT2D eigenvalue weighted by molar-refractivity contribution is 6.35. The molecule has 0 radical (unpaired) electrons. The Morgan fingerprint density at radius 1 is 0.451 bits per heavy atom. The van der Waals surface area contributed by atoms with E-state index < -0.39 is 23.6 Å². The van der Waals surface area contributed by atoms with Gasteiger partial charge in [0.25, 0.3) is 23.6 Å². The number of rotatable bonds is 8. The number of pyridine rings is 2. The van der Waals surface area contributed by atoms with Gasteiger partial charge in [0.15, 0.2) is 0 Å². The van der Waals surface area contributed by atoms with Crippen molar-refractivity contribution in [1.29, 1.82) is 0 Å². The molecule has 248 valence electrons. The molecule has 6 aromatic rings. The molecule has 10 nitrogen and oxygen atoms in total. The molecule has 2 aromatic heterocycles. The lowest BCUT2D eigenvalue weighted by molar-refractivity contribution is 0.0909. The Bertz CT molecular complexity index is 2190. The van der Waals surface area contributed by atoms with Crippen LogP contribution in [0.2, 0.25) is 0 Å². The number of ether oxygens (including phenoxy) is 2. The van der Waals surface area contributed by atoms with Gasteiger partial charge in [0, 0.05) is 17.8 Å². The van der Waals surface area contributed by atoms with Gasteiger partial charge in [0.05, 0.1) is 22.3 Å². The Labute approximate surface area is 292 Å². The lowest BCUT2D eigenvalue weighted by Gasteiger charge is -2.26. The van der Waals surface area contributed by atoms with Gasteiger partial charge in [-0.1, -0.05) is 50.2 Å². The zero-order valence-corrected chi connectivity index (χ0v) is 27.4. The summed E-state index contributed by atoms with van der Waals surface area (Å²) < 4.78 is 12.2. The van der Waals surface area contributed by atoms with Crippen LogP contribution in [0.3, 0.4) is 0 Å². The number of fused-ring (bicyclic) bond motifs is 2. The highest BCUT2D eigenvalue weighted by Crippen LogP contribution is 2.37. The average molecular weight is 673 g/mol. The Morgan fingerprint density at radius 2 is 0.824 bits per heavy atom. The fourth-order valence-electron chi connectivity index (χ4n) is 6.27. The predicted molar refractivity (Wildman–Crippen MR) is 189 cm³/mol. The Morgan fingerprint density at radius 3 is 1.20 bits per heavy atom. The van der Waals surface area contributed by atoms with Crippen LogP contribution in [0.5, 0.6) is 23.0 Å². The van der Waals surface area contributed by atoms with Gasteiger partial charge in [-0.05, 0) is 96.1 Å². The highest BCUT2D eigenvalue weighted by atomic mass is 16.5. The van der Waals surface area contributed by atoms with E-state index in [1.54, 1.807) is 72.8 Å². The van der Waals surface area contributed by atoms with Crippen LogP contribution in [0.4, 0.5) is 11.6 Å². The number of aromatic nitrogens is 2. The molecule has 10 heteroatoms. The van der Waals surface area contributed by atoms with Crippen molar-refractivity contribution in [2.24, 2.45) is 0 Å². The summed E-state index contributed by atoms with van der Waals surface area (Å²) in [5.74, 6) is 0.847. The number of nitrogens with zero attached hydrogens (tertiary/aromatic N) is 4. The molecule has 0 aliphatic carbocycles. The minimum Gasteiger partial charge on any atom is -0.457 e. The van der Waals surface area contributed by atoms with Crippen LogP contribution in [-0.2, 0) is 5.41 Å². The van der Waals surface area contributed by atoms with Gasteiger partial charge in [-0.2, -0.15) is 0 Å². The van der Waals surface area contributed by atoms with Crippen molar-refractivity contribution in [3.05, 3.63) is 167 Å². The van der Waals surface area contributed by atoms with Crippen LogP contribution in [-0.4, -0.2) is 33.6 Å². The van der Waals surface area contributed by atoms with Gasteiger partial charge in [0.2, 0.25) is 0 Å². The summed E-state index contributed by atoms with van der Waals surface area (Å²) in [6, 6.07) is 35.2. The number of benzene rings is 4. The smallest absolute Gasteiger partial charge is 0.267 e. The Balaban J connectivity index is 0.941. The van der Waals surface area contributed by atoms with E-state index in [1.165, 1.54) is 12.4 Å². The maximum Gasteiger partial charge on any atom is 0.267 e. The summed E-state index contributed by atoms with van der Waals surface area (Å²) in [5.41, 5.74) is 2.85. The van der Waals surface area contributed by atoms with Gasteiger partial charge in [0.1, 0.15) is 34.6 Å². The molecule has 4 heterocycles. The van der Waals surface area contributed by atoms with E-state index in [4.69, 9.17) is 9.47 Å². The normalized spacial score (nSPS) is 13.8. The van der Waals surface area contributed by atoms with Gasteiger partial charge in [-0.25, -0.2) is 19.8 Å². The van der Waals surface area contributed by atoms with Crippen LogP contribution < -0.4 is 19.3 Å². The van der Waals surface area contributed by atoms with Gasteiger partial charge in [-0.15, -0.1) is 0 Å². The largest absolute Gasteiger partial charge is 0.457 e. The van der Waals surface area contributed by atoms with E-state index >= 15 is 0 Å². The van der Waals surface area contributed by atoms with E-state index in [0.29, 0.717) is 34.1 Å². The first-order valence-electron chi connectivity index (χ1n) is 16.1. The molecular formula is C41H28N4O6. The number of hydrogen-bond donors (Lipinski definition) is 0. The second-order valence-electron chi connectivity index (χ2n) is 12.6. The highest BCUT2D eigenvalue weighted by Gasteiger charge is 2.39. The van der Waals surface area contributed by atoms with Crippen LogP contribution in [0.1, 0.15) is 66.4 Å². The number of amides is 4. The van der Waals surface area contributed by atoms with Crippen LogP contribution in [0.25, 0.3) is 0 Å². The van der Waals surface area contributed by atoms with Crippen LogP contribution >= 0.6 is 0 Å². The molecule has 2 aliphatic heterocycles.